The van der Waals surface area contributed by atoms with Crippen molar-refractivity contribution < 1.29 is 19.8 Å². The lowest BCUT2D eigenvalue weighted by Crippen LogP contribution is -2.14. The average molecular weight is 770 g/mol. The lowest BCUT2D eigenvalue weighted by Gasteiger charge is -2.32. The first-order valence-corrected chi connectivity index (χ1v) is 19.7. The third-order valence-electron chi connectivity index (χ3n) is 11.2. The summed E-state index contributed by atoms with van der Waals surface area (Å²) in [6.07, 6.45) is 0. The molecule has 5 heterocycles. The van der Waals surface area contributed by atoms with Crippen molar-refractivity contribution in [3.05, 3.63) is 188 Å². The van der Waals surface area contributed by atoms with E-state index in [-0.39, 0.29) is 57.7 Å². The first kappa shape index (κ1) is 25.0. The van der Waals surface area contributed by atoms with Crippen molar-refractivity contribution in [3.8, 4) is 22.9 Å². The third kappa shape index (κ3) is 4.49. The van der Waals surface area contributed by atoms with E-state index in [1.807, 2.05) is 115 Å². The van der Waals surface area contributed by atoms with Gasteiger partial charge in [-0.2, -0.15) is 0 Å². The average Bonchev–Trinajstić information content (AvgIpc) is 4.13. The van der Waals surface area contributed by atoms with Crippen molar-refractivity contribution in [2.24, 2.45) is 0 Å². The van der Waals surface area contributed by atoms with E-state index < -0.39 is 24.2 Å². The second kappa shape index (κ2) is 12.0. The summed E-state index contributed by atoms with van der Waals surface area (Å²) in [5.41, 5.74) is 6.53. The summed E-state index contributed by atoms with van der Waals surface area (Å²) in [5.74, 6) is 0.553. The maximum Gasteiger partial charge on any atom is 0.205 e. The van der Waals surface area contributed by atoms with Crippen molar-refractivity contribution in [3.63, 3.8) is 0 Å². The Labute approximate surface area is 347 Å². The molecule has 58 heavy (non-hydrogen) atoms. The van der Waals surface area contributed by atoms with E-state index in [4.69, 9.17) is 14.3 Å². The lowest BCUT2D eigenvalue weighted by atomic mass is 9.96. The van der Waals surface area contributed by atoms with Gasteiger partial charge in [0.2, 0.25) is 11.8 Å². The predicted molar refractivity (Wildman–Crippen MR) is 239 cm³/mol. The van der Waals surface area contributed by atoms with E-state index in [2.05, 4.69) is 29.2 Å². The fraction of sp³-hybridized carbons (Fsp3) is 0. The zero-order valence-electron chi connectivity index (χ0n) is 38.3. The van der Waals surface area contributed by atoms with Gasteiger partial charge in [-0.15, -0.1) is 0 Å². The van der Waals surface area contributed by atoms with Crippen LogP contribution in [0.5, 0.6) is 0 Å². The molecule has 0 aliphatic carbocycles. The molecule has 0 radical (unpaired) electrons. The highest BCUT2D eigenvalue weighted by Crippen LogP contribution is 2.52. The highest BCUT2D eigenvalue weighted by molar-refractivity contribution is 7.99. The zero-order valence-corrected chi connectivity index (χ0v) is 31.2. The van der Waals surface area contributed by atoms with Gasteiger partial charge in [-0.25, -0.2) is 0 Å². The SMILES string of the molecule is [2H]c1c([2H])c([2H])c2c(c1[2H])c1cc(-c3ccc(N4c5ccccc5Sc5ccccc54)cc3)c3c4c([2H])c([2H])c([2H])c([2H])c4n(-c4cc5ccccc5o4)c3c1n2-c1cc2ccccc2o1. The van der Waals surface area contributed by atoms with Gasteiger partial charge in [0.1, 0.15) is 11.2 Å². The Morgan fingerprint density at radius 2 is 1.02 bits per heavy atom. The molecule has 1 aliphatic rings. The van der Waals surface area contributed by atoms with Crippen molar-refractivity contribution in [1.29, 1.82) is 0 Å². The van der Waals surface area contributed by atoms with Gasteiger partial charge in [0.15, 0.2) is 0 Å². The summed E-state index contributed by atoms with van der Waals surface area (Å²) in [6.45, 7) is 0. The van der Waals surface area contributed by atoms with Gasteiger partial charge in [-0.3, -0.25) is 9.13 Å². The molecule has 0 spiro atoms. The van der Waals surface area contributed by atoms with Gasteiger partial charge in [-0.05, 0) is 77.8 Å². The van der Waals surface area contributed by atoms with Crippen LogP contribution in [-0.4, -0.2) is 9.13 Å². The molecule has 12 aromatic rings. The molecule has 4 aromatic heterocycles. The number of furan rings is 2. The number of fused-ring (bicyclic) bond motifs is 11. The number of benzene rings is 8. The van der Waals surface area contributed by atoms with Gasteiger partial charge < -0.3 is 13.7 Å². The Hall–Kier alpha value is -7.41. The molecule has 6 heteroatoms. The van der Waals surface area contributed by atoms with Crippen LogP contribution >= 0.6 is 11.8 Å². The molecule has 8 aromatic carbocycles. The summed E-state index contributed by atoms with van der Waals surface area (Å²) in [7, 11) is 0. The summed E-state index contributed by atoms with van der Waals surface area (Å²) in [6, 6.07) is 42.4. The number of hydrogen-bond donors (Lipinski definition) is 0. The molecule has 5 nitrogen and oxygen atoms in total. The second-order valence-electron chi connectivity index (χ2n) is 14.3. The number of hydrogen-bond acceptors (Lipinski definition) is 4. The van der Waals surface area contributed by atoms with Crippen molar-refractivity contribution in [2.45, 2.75) is 9.79 Å². The van der Waals surface area contributed by atoms with E-state index in [1.54, 1.807) is 20.9 Å². The molecule has 0 unspecified atom stereocenters. The van der Waals surface area contributed by atoms with Crippen LogP contribution in [0, 0.1) is 0 Å². The molecule has 0 bridgehead atoms. The van der Waals surface area contributed by atoms with E-state index in [1.165, 1.54) is 0 Å². The number of rotatable bonds is 4. The molecule has 0 saturated carbocycles. The Morgan fingerprint density at radius 3 is 1.66 bits per heavy atom. The minimum Gasteiger partial charge on any atom is -0.440 e. The van der Waals surface area contributed by atoms with Gasteiger partial charge in [0, 0.05) is 59.9 Å². The Bertz CT molecular complexity index is 3980. The largest absolute Gasteiger partial charge is 0.440 e. The summed E-state index contributed by atoms with van der Waals surface area (Å²) >= 11 is 1.72. The smallest absolute Gasteiger partial charge is 0.205 e. The Kier molecular flexibility index (Phi) is 5.19. The van der Waals surface area contributed by atoms with Crippen molar-refractivity contribution >= 4 is 94.4 Å². The van der Waals surface area contributed by atoms with Crippen LogP contribution in [0.4, 0.5) is 17.1 Å². The number of aromatic nitrogens is 2. The topological polar surface area (TPSA) is 39.4 Å². The first-order chi connectivity index (χ1) is 32.1. The normalized spacial score (nSPS) is 14.7. The molecule has 13 rings (SSSR count). The summed E-state index contributed by atoms with van der Waals surface area (Å²) in [4.78, 5) is 4.46. The standard InChI is InChI=1S/C52H31N3O2S/c1-9-21-44-33(13-1)29-48(56-44)54-40-17-5-3-15-36(40)39-31-38(32-25-27-35(28-26-32)53-42-19-7-11-23-46(42)58-47-24-12-8-20-43(47)53)50-37-16-4-6-18-41(37)55(52(50)51(39)54)49-30-34-14-2-10-22-45(34)57-49/h1-31H/i3D,4D,5D,6D,15D,16D,17D,18D. The third-order valence-corrected chi connectivity index (χ3v) is 12.3. The highest BCUT2D eigenvalue weighted by Gasteiger charge is 2.28. The number of para-hydroxylation sites is 6. The van der Waals surface area contributed by atoms with E-state index in [9.17, 15) is 5.48 Å². The van der Waals surface area contributed by atoms with Crippen molar-refractivity contribution in [2.75, 3.05) is 4.90 Å². The van der Waals surface area contributed by atoms with Crippen LogP contribution in [0.2, 0.25) is 0 Å². The van der Waals surface area contributed by atoms with Crippen LogP contribution in [0.15, 0.2) is 206 Å². The van der Waals surface area contributed by atoms with Gasteiger partial charge >= 0.3 is 0 Å². The molecular formula is C52H31N3O2S. The summed E-state index contributed by atoms with van der Waals surface area (Å²) < 4.78 is 90.6. The fourth-order valence-corrected chi connectivity index (χ4v) is 9.75. The lowest BCUT2D eigenvalue weighted by molar-refractivity contribution is 0.586. The molecule has 0 atom stereocenters. The highest BCUT2D eigenvalue weighted by atomic mass is 32.2. The van der Waals surface area contributed by atoms with Gasteiger partial charge in [-0.1, -0.05) is 121 Å². The van der Waals surface area contributed by atoms with E-state index in [0.717, 1.165) is 37.6 Å². The van der Waals surface area contributed by atoms with Gasteiger partial charge in [0.25, 0.3) is 0 Å². The van der Waals surface area contributed by atoms with E-state index in [0.29, 0.717) is 44.1 Å². The first-order valence-electron chi connectivity index (χ1n) is 22.9. The Balaban J connectivity index is 1.22. The second-order valence-corrected chi connectivity index (χ2v) is 15.4. The molecule has 0 N–H and O–H groups in total. The van der Waals surface area contributed by atoms with E-state index >= 15 is 0 Å². The quantitative estimate of drug-likeness (QED) is 0.179. The molecule has 0 amide bonds. The predicted octanol–water partition coefficient (Wildman–Crippen LogP) is 15.0. The maximum atomic E-state index is 9.61. The maximum absolute atomic E-state index is 9.61. The molecule has 0 fully saturated rings. The monoisotopic (exact) mass is 769 g/mol. The number of anilines is 3. The van der Waals surface area contributed by atoms with Crippen LogP contribution < -0.4 is 4.90 Å². The fourth-order valence-electron chi connectivity index (χ4n) is 8.69. The van der Waals surface area contributed by atoms with Crippen LogP contribution in [0.3, 0.4) is 0 Å². The van der Waals surface area contributed by atoms with Crippen LogP contribution in [-0.2, 0) is 0 Å². The summed E-state index contributed by atoms with van der Waals surface area (Å²) in [5, 5.41) is 2.95. The van der Waals surface area contributed by atoms with Gasteiger partial charge in [0.05, 0.1) is 44.4 Å². The zero-order chi connectivity index (χ0) is 44.9. The molecule has 1 aliphatic heterocycles. The Morgan fingerprint density at radius 1 is 0.483 bits per heavy atom. The van der Waals surface area contributed by atoms with Crippen LogP contribution in [0.25, 0.3) is 88.4 Å². The molecule has 0 saturated heterocycles. The van der Waals surface area contributed by atoms with Crippen molar-refractivity contribution in [1.82, 2.24) is 9.13 Å². The van der Waals surface area contributed by atoms with Crippen LogP contribution in [0.1, 0.15) is 11.0 Å². The molecule has 272 valence electrons. The minimum absolute atomic E-state index is 0.167. The minimum atomic E-state index is -0.424. The molecular weight excluding hydrogens is 731 g/mol. The number of nitrogens with zero attached hydrogens (tertiary/aromatic N) is 3.